The number of amides is 2. The SMILES string of the molecule is CCCc1nn(-c2ccc(F)cc2)c([O-])c1C1=C([n+]2ccc(C)c(C)c2)C(=O)N(C(C)C)C1=O. The van der Waals surface area contributed by atoms with Gasteiger partial charge in [-0.2, -0.15) is 9.67 Å². The number of aromatic nitrogens is 3. The lowest BCUT2D eigenvalue weighted by molar-refractivity contribution is -0.577. The van der Waals surface area contributed by atoms with Gasteiger partial charge in [-0.05, 0) is 69.8 Å². The summed E-state index contributed by atoms with van der Waals surface area (Å²) in [5.41, 5.74) is 3.10. The van der Waals surface area contributed by atoms with Gasteiger partial charge in [0.15, 0.2) is 12.4 Å². The first-order chi connectivity index (χ1) is 16.1. The molecular formula is C26H27FN4O3. The maximum Gasteiger partial charge on any atom is 0.327 e. The maximum absolute atomic E-state index is 13.6. The number of carbonyl (C=O) groups excluding carboxylic acids is 2. The number of nitrogens with zero attached hydrogens (tertiary/aromatic N) is 4. The van der Waals surface area contributed by atoms with Crippen molar-refractivity contribution in [2.75, 3.05) is 0 Å². The third kappa shape index (κ3) is 3.79. The normalized spacial score (nSPS) is 14.1. The summed E-state index contributed by atoms with van der Waals surface area (Å²) in [6, 6.07) is 6.88. The Morgan fingerprint density at radius 2 is 1.74 bits per heavy atom. The van der Waals surface area contributed by atoms with Crippen LogP contribution < -0.4 is 9.67 Å². The highest BCUT2D eigenvalue weighted by Crippen LogP contribution is 2.38. The average molecular weight is 463 g/mol. The summed E-state index contributed by atoms with van der Waals surface area (Å²) in [5, 5.41) is 18.1. The molecule has 2 aromatic heterocycles. The van der Waals surface area contributed by atoms with Gasteiger partial charge in [0.2, 0.25) is 0 Å². The molecule has 1 aliphatic heterocycles. The van der Waals surface area contributed by atoms with E-state index in [1.807, 2.05) is 26.8 Å². The summed E-state index contributed by atoms with van der Waals surface area (Å²) in [6.45, 7) is 9.34. The Balaban J connectivity index is 2.02. The molecule has 0 bridgehead atoms. The van der Waals surface area contributed by atoms with E-state index in [9.17, 15) is 19.1 Å². The Labute approximate surface area is 197 Å². The number of carbonyl (C=O) groups is 2. The monoisotopic (exact) mass is 462 g/mol. The fourth-order valence-corrected chi connectivity index (χ4v) is 4.15. The third-order valence-corrected chi connectivity index (χ3v) is 6.03. The van der Waals surface area contributed by atoms with E-state index >= 15 is 0 Å². The fraction of sp³-hybridized carbons (Fsp3) is 0.308. The smallest absolute Gasteiger partial charge is 0.327 e. The van der Waals surface area contributed by atoms with Crippen molar-refractivity contribution in [3.05, 3.63) is 70.9 Å². The topological polar surface area (TPSA) is 82.1 Å². The summed E-state index contributed by atoms with van der Waals surface area (Å²) in [7, 11) is 0. The zero-order valence-corrected chi connectivity index (χ0v) is 19.9. The predicted molar refractivity (Wildman–Crippen MR) is 123 cm³/mol. The van der Waals surface area contributed by atoms with Crippen LogP contribution in [0.2, 0.25) is 0 Å². The molecule has 0 saturated carbocycles. The van der Waals surface area contributed by atoms with Crippen LogP contribution in [0, 0.1) is 19.7 Å². The number of hydrogen-bond acceptors (Lipinski definition) is 4. The van der Waals surface area contributed by atoms with Gasteiger partial charge in [0.1, 0.15) is 11.4 Å². The molecule has 4 rings (SSSR count). The Morgan fingerprint density at radius 1 is 1.06 bits per heavy atom. The highest BCUT2D eigenvalue weighted by Gasteiger charge is 2.47. The largest absolute Gasteiger partial charge is 0.858 e. The molecule has 0 fully saturated rings. The molecule has 176 valence electrons. The zero-order valence-electron chi connectivity index (χ0n) is 19.9. The molecule has 0 N–H and O–H groups in total. The molecule has 1 aliphatic rings. The van der Waals surface area contributed by atoms with Gasteiger partial charge in [-0.25, -0.2) is 9.07 Å². The van der Waals surface area contributed by atoms with Crippen molar-refractivity contribution in [3.8, 4) is 11.6 Å². The van der Waals surface area contributed by atoms with Crippen molar-refractivity contribution in [2.45, 2.75) is 53.5 Å². The van der Waals surface area contributed by atoms with Crippen molar-refractivity contribution in [3.63, 3.8) is 0 Å². The van der Waals surface area contributed by atoms with Crippen LogP contribution >= 0.6 is 0 Å². The second kappa shape index (κ2) is 8.85. The molecule has 7 nitrogen and oxygen atoms in total. The van der Waals surface area contributed by atoms with E-state index in [0.29, 0.717) is 24.2 Å². The van der Waals surface area contributed by atoms with Crippen LogP contribution in [0.15, 0.2) is 42.7 Å². The van der Waals surface area contributed by atoms with E-state index in [2.05, 4.69) is 5.10 Å². The van der Waals surface area contributed by atoms with Crippen LogP contribution in [-0.4, -0.2) is 32.5 Å². The van der Waals surface area contributed by atoms with E-state index in [4.69, 9.17) is 0 Å². The molecule has 0 saturated heterocycles. The van der Waals surface area contributed by atoms with Crippen LogP contribution in [0.4, 0.5) is 4.39 Å². The van der Waals surface area contributed by atoms with Crippen molar-refractivity contribution in [2.24, 2.45) is 0 Å². The molecule has 34 heavy (non-hydrogen) atoms. The van der Waals surface area contributed by atoms with Crippen LogP contribution in [0.5, 0.6) is 5.88 Å². The predicted octanol–water partition coefficient (Wildman–Crippen LogP) is 3.09. The molecular weight excluding hydrogens is 435 g/mol. The molecule has 0 radical (unpaired) electrons. The quantitative estimate of drug-likeness (QED) is 0.416. The molecule has 2 amide bonds. The lowest BCUT2D eigenvalue weighted by Gasteiger charge is -2.18. The van der Waals surface area contributed by atoms with E-state index in [0.717, 1.165) is 11.1 Å². The van der Waals surface area contributed by atoms with Crippen LogP contribution in [0.25, 0.3) is 17.0 Å². The van der Waals surface area contributed by atoms with Gasteiger partial charge in [0.25, 0.3) is 11.6 Å². The molecule has 0 unspecified atom stereocenters. The number of benzene rings is 1. The Bertz CT molecular complexity index is 1320. The molecule has 3 heterocycles. The zero-order chi connectivity index (χ0) is 24.7. The van der Waals surface area contributed by atoms with Gasteiger partial charge < -0.3 is 5.11 Å². The highest BCUT2D eigenvalue weighted by atomic mass is 19.1. The second-order valence-corrected chi connectivity index (χ2v) is 8.78. The molecule has 0 aliphatic carbocycles. The number of aryl methyl sites for hydroxylation is 3. The number of imide groups is 1. The maximum atomic E-state index is 13.6. The molecule has 8 heteroatoms. The summed E-state index contributed by atoms with van der Waals surface area (Å²) < 4.78 is 16.2. The summed E-state index contributed by atoms with van der Waals surface area (Å²) in [4.78, 5) is 28.3. The van der Waals surface area contributed by atoms with E-state index in [1.165, 1.54) is 33.8 Å². The van der Waals surface area contributed by atoms with Gasteiger partial charge in [0.05, 0.1) is 11.4 Å². The van der Waals surface area contributed by atoms with Gasteiger partial charge in [-0.3, -0.25) is 14.5 Å². The lowest BCUT2D eigenvalue weighted by Crippen LogP contribution is -2.42. The molecule has 3 aromatic rings. The number of halogens is 1. The van der Waals surface area contributed by atoms with E-state index in [-0.39, 0.29) is 16.8 Å². The fourth-order valence-electron chi connectivity index (χ4n) is 4.15. The van der Waals surface area contributed by atoms with Crippen molar-refractivity contribution in [1.82, 2.24) is 14.7 Å². The van der Waals surface area contributed by atoms with Gasteiger partial charge in [0, 0.05) is 23.2 Å². The van der Waals surface area contributed by atoms with Crippen molar-refractivity contribution < 1.29 is 23.7 Å². The standard InChI is InChI=1S/C26H27FN4O3/c1-6-7-20-21(25(33)31(28-20)19-10-8-18(27)9-11-19)22-23(26(34)30(15(2)3)24(22)32)29-13-12-16(4)17(5)14-29/h8-15H,6-7H2,1-5H3. The van der Waals surface area contributed by atoms with Crippen LogP contribution in [0.1, 0.15) is 49.6 Å². The van der Waals surface area contributed by atoms with Crippen molar-refractivity contribution in [1.29, 1.82) is 0 Å². The minimum Gasteiger partial charge on any atom is -0.858 e. The first-order valence-corrected chi connectivity index (χ1v) is 11.3. The van der Waals surface area contributed by atoms with Gasteiger partial charge >= 0.3 is 5.91 Å². The average Bonchev–Trinajstić information content (AvgIpc) is 3.23. The van der Waals surface area contributed by atoms with Gasteiger partial charge in [-0.15, -0.1) is 0 Å². The summed E-state index contributed by atoms with van der Waals surface area (Å²) >= 11 is 0. The van der Waals surface area contributed by atoms with Gasteiger partial charge in [-0.1, -0.05) is 13.3 Å². The Hall–Kier alpha value is -3.81. The van der Waals surface area contributed by atoms with Crippen LogP contribution in [0.3, 0.4) is 0 Å². The molecule has 1 aromatic carbocycles. The summed E-state index contributed by atoms with van der Waals surface area (Å²) in [6.07, 6.45) is 4.63. The first kappa shape index (κ1) is 23.4. The Kier molecular flexibility index (Phi) is 6.08. The second-order valence-electron chi connectivity index (χ2n) is 8.78. The lowest BCUT2D eigenvalue weighted by atomic mass is 10.0. The van der Waals surface area contributed by atoms with Crippen LogP contribution in [-0.2, 0) is 16.0 Å². The first-order valence-electron chi connectivity index (χ1n) is 11.3. The van der Waals surface area contributed by atoms with E-state index < -0.39 is 29.6 Å². The minimum absolute atomic E-state index is 0.0498. The Morgan fingerprint density at radius 3 is 2.32 bits per heavy atom. The minimum atomic E-state index is -0.520. The third-order valence-electron chi connectivity index (χ3n) is 6.03. The highest BCUT2D eigenvalue weighted by molar-refractivity contribution is 6.45. The van der Waals surface area contributed by atoms with E-state index in [1.54, 1.807) is 30.8 Å². The molecule has 0 atom stereocenters. The number of rotatable bonds is 6. The number of pyridine rings is 1. The summed E-state index contributed by atoms with van der Waals surface area (Å²) in [5.74, 6) is -1.93. The molecule has 0 spiro atoms. The van der Waals surface area contributed by atoms with Crippen molar-refractivity contribution >= 4 is 23.1 Å². The number of hydrogen-bond donors (Lipinski definition) is 0.